The van der Waals surface area contributed by atoms with E-state index in [9.17, 15) is 4.79 Å². The van der Waals surface area contributed by atoms with Crippen LogP contribution in [0.1, 0.15) is 31.9 Å². The zero-order valence-electron chi connectivity index (χ0n) is 12.9. The summed E-state index contributed by atoms with van der Waals surface area (Å²) >= 11 is 0. The lowest BCUT2D eigenvalue weighted by molar-refractivity contribution is -0.135. The summed E-state index contributed by atoms with van der Waals surface area (Å²) < 4.78 is 5.19. The Balaban J connectivity index is 2.84. The molecular weight excluding hydrogens is 252 g/mol. The van der Waals surface area contributed by atoms with E-state index >= 15 is 0 Å². The van der Waals surface area contributed by atoms with E-state index in [1.165, 1.54) is 0 Å². The van der Waals surface area contributed by atoms with Crippen LogP contribution >= 0.6 is 0 Å². The third kappa shape index (κ3) is 4.32. The molecule has 20 heavy (non-hydrogen) atoms. The van der Waals surface area contributed by atoms with Crippen molar-refractivity contribution in [3.63, 3.8) is 0 Å². The van der Waals surface area contributed by atoms with Gasteiger partial charge >= 0.3 is 0 Å². The Morgan fingerprint density at radius 2 is 1.90 bits per heavy atom. The highest BCUT2D eigenvalue weighted by Crippen LogP contribution is 2.28. The fourth-order valence-corrected chi connectivity index (χ4v) is 2.46. The first-order chi connectivity index (χ1) is 9.51. The van der Waals surface area contributed by atoms with Crippen LogP contribution in [-0.4, -0.2) is 37.6 Å². The Labute approximate surface area is 121 Å². The minimum absolute atomic E-state index is 0.0600. The number of carbonyl (C=O) groups is 1. The van der Waals surface area contributed by atoms with Crippen LogP contribution in [0.5, 0.6) is 0 Å². The predicted octanol–water partition coefficient (Wildman–Crippen LogP) is 2.21. The number of carbonyl (C=O) groups excluding carboxylic acids is 1. The summed E-state index contributed by atoms with van der Waals surface area (Å²) in [7, 11) is 3.44. The molecule has 0 bridgehead atoms. The van der Waals surface area contributed by atoms with Crippen LogP contribution in [0.4, 0.5) is 0 Å². The van der Waals surface area contributed by atoms with Crippen molar-refractivity contribution in [2.24, 2.45) is 11.7 Å². The van der Waals surface area contributed by atoms with Crippen LogP contribution in [0.2, 0.25) is 0 Å². The second kappa shape index (κ2) is 8.02. The number of nitrogens with two attached hydrogens (primary N) is 1. The van der Waals surface area contributed by atoms with Crippen LogP contribution in [0.25, 0.3) is 0 Å². The van der Waals surface area contributed by atoms with E-state index in [4.69, 9.17) is 10.5 Å². The summed E-state index contributed by atoms with van der Waals surface area (Å²) in [6.07, 6.45) is 0.105. The lowest BCUT2D eigenvalue weighted by Crippen LogP contribution is -2.37. The van der Waals surface area contributed by atoms with E-state index < -0.39 is 0 Å². The lowest BCUT2D eigenvalue weighted by Gasteiger charge is -2.32. The summed E-state index contributed by atoms with van der Waals surface area (Å²) in [6, 6.07) is 10.2. The Bertz CT molecular complexity index is 402. The number of amides is 1. The highest BCUT2D eigenvalue weighted by atomic mass is 16.5. The topological polar surface area (TPSA) is 55.6 Å². The van der Waals surface area contributed by atoms with E-state index in [2.05, 4.69) is 26.0 Å². The summed E-state index contributed by atoms with van der Waals surface area (Å²) in [5.41, 5.74) is 6.74. The third-order valence-corrected chi connectivity index (χ3v) is 3.58. The van der Waals surface area contributed by atoms with Crippen LogP contribution in [0, 0.1) is 5.92 Å². The maximum atomic E-state index is 12.4. The van der Waals surface area contributed by atoms with Crippen molar-refractivity contribution in [2.75, 3.05) is 20.7 Å². The molecule has 0 aliphatic heterocycles. The normalized spacial score (nSPS) is 14.1. The molecule has 4 nitrogen and oxygen atoms in total. The van der Waals surface area contributed by atoms with E-state index in [1.54, 1.807) is 7.11 Å². The fourth-order valence-electron chi connectivity index (χ4n) is 2.46. The van der Waals surface area contributed by atoms with Gasteiger partial charge in [0.1, 0.15) is 0 Å². The number of benzene rings is 1. The molecule has 0 heterocycles. The van der Waals surface area contributed by atoms with Gasteiger partial charge in [-0.05, 0) is 11.5 Å². The molecule has 112 valence electrons. The van der Waals surface area contributed by atoms with Gasteiger partial charge in [-0.25, -0.2) is 0 Å². The van der Waals surface area contributed by atoms with Crippen molar-refractivity contribution >= 4 is 5.91 Å². The average Bonchev–Trinajstić information content (AvgIpc) is 2.45. The Morgan fingerprint density at radius 3 is 2.35 bits per heavy atom. The summed E-state index contributed by atoms with van der Waals surface area (Å²) in [5, 5.41) is 0. The first kappa shape index (κ1) is 16.7. The number of nitrogens with zero attached hydrogens (tertiary/aromatic N) is 1. The van der Waals surface area contributed by atoms with Crippen molar-refractivity contribution in [3.8, 4) is 0 Å². The Morgan fingerprint density at radius 1 is 1.30 bits per heavy atom. The maximum absolute atomic E-state index is 12.4. The Hall–Kier alpha value is -1.39. The quantitative estimate of drug-likeness (QED) is 0.832. The molecule has 1 aromatic rings. The molecule has 1 rings (SSSR count). The summed E-state index contributed by atoms with van der Waals surface area (Å²) in [4.78, 5) is 14.2. The van der Waals surface area contributed by atoms with Crippen LogP contribution in [0.15, 0.2) is 30.3 Å². The van der Waals surface area contributed by atoms with Crippen LogP contribution in [-0.2, 0) is 9.53 Å². The molecule has 0 saturated heterocycles. The molecule has 2 atom stereocenters. The zero-order chi connectivity index (χ0) is 15.1. The van der Waals surface area contributed by atoms with Gasteiger partial charge in [0.2, 0.25) is 5.91 Å². The number of rotatable bonds is 7. The standard InChI is InChI=1S/C16H26N2O2/c1-12(2)16(13-8-6-5-7-9-13)18(3)15(19)10-14(11-17)20-4/h5-9,12,14,16H,10-11,17H2,1-4H3. The fraction of sp³-hybridized carbons (Fsp3) is 0.562. The van der Waals surface area contributed by atoms with Crippen molar-refractivity contribution in [2.45, 2.75) is 32.4 Å². The third-order valence-electron chi connectivity index (χ3n) is 3.58. The van der Waals surface area contributed by atoms with Gasteiger partial charge in [0.25, 0.3) is 0 Å². The minimum Gasteiger partial charge on any atom is -0.380 e. The molecule has 0 spiro atoms. The number of ether oxygens (including phenoxy) is 1. The van der Waals surface area contributed by atoms with Gasteiger partial charge in [0.05, 0.1) is 18.6 Å². The second-order valence-electron chi connectivity index (χ2n) is 5.40. The minimum atomic E-state index is -0.214. The van der Waals surface area contributed by atoms with Crippen molar-refractivity contribution in [1.29, 1.82) is 0 Å². The molecule has 0 aliphatic rings. The molecule has 0 fully saturated rings. The molecule has 0 aromatic heterocycles. The molecule has 4 heteroatoms. The van der Waals surface area contributed by atoms with Crippen LogP contribution in [0.3, 0.4) is 0 Å². The van der Waals surface area contributed by atoms with E-state index in [-0.39, 0.29) is 18.1 Å². The van der Waals surface area contributed by atoms with Gasteiger partial charge in [-0.3, -0.25) is 4.79 Å². The summed E-state index contributed by atoms with van der Waals surface area (Å²) in [6.45, 7) is 4.60. The first-order valence-electron chi connectivity index (χ1n) is 7.04. The van der Waals surface area contributed by atoms with Gasteiger partial charge < -0.3 is 15.4 Å². The molecule has 2 N–H and O–H groups in total. The molecule has 1 aromatic carbocycles. The molecule has 1 amide bonds. The average molecular weight is 278 g/mol. The number of hydrogen-bond acceptors (Lipinski definition) is 3. The molecule has 2 unspecified atom stereocenters. The van der Waals surface area contributed by atoms with E-state index in [1.807, 2.05) is 30.1 Å². The van der Waals surface area contributed by atoms with Gasteiger partial charge in [-0.1, -0.05) is 44.2 Å². The highest BCUT2D eigenvalue weighted by Gasteiger charge is 2.25. The predicted molar refractivity (Wildman–Crippen MR) is 81.3 cm³/mol. The Kier molecular flexibility index (Phi) is 6.68. The summed E-state index contributed by atoms with van der Waals surface area (Å²) in [5.74, 6) is 0.398. The van der Waals surface area contributed by atoms with Crippen molar-refractivity contribution < 1.29 is 9.53 Å². The second-order valence-corrected chi connectivity index (χ2v) is 5.40. The highest BCUT2D eigenvalue weighted by molar-refractivity contribution is 5.77. The van der Waals surface area contributed by atoms with Gasteiger partial charge in [-0.15, -0.1) is 0 Å². The van der Waals surface area contributed by atoms with Gasteiger partial charge in [-0.2, -0.15) is 0 Å². The van der Waals surface area contributed by atoms with E-state index in [0.717, 1.165) is 5.56 Å². The monoisotopic (exact) mass is 278 g/mol. The van der Waals surface area contributed by atoms with Crippen molar-refractivity contribution in [3.05, 3.63) is 35.9 Å². The lowest BCUT2D eigenvalue weighted by atomic mass is 9.94. The van der Waals surface area contributed by atoms with Gasteiger partial charge in [0, 0.05) is 20.7 Å². The number of methoxy groups -OCH3 is 1. The molecule has 0 aliphatic carbocycles. The zero-order valence-corrected chi connectivity index (χ0v) is 12.9. The van der Waals surface area contributed by atoms with E-state index in [0.29, 0.717) is 18.9 Å². The van der Waals surface area contributed by atoms with Gasteiger partial charge in [0.15, 0.2) is 0 Å². The smallest absolute Gasteiger partial charge is 0.225 e. The molecule has 0 saturated carbocycles. The largest absolute Gasteiger partial charge is 0.380 e. The SMILES string of the molecule is COC(CN)CC(=O)N(C)C(c1ccccc1)C(C)C. The molecule has 0 radical (unpaired) electrons. The van der Waals surface area contributed by atoms with Crippen molar-refractivity contribution in [1.82, 2.24) is 4.90 Å². The maximum Gasteiger partial charge on any atom is 0.225 e. The molecular formula is C16H26N2O2. The van der Waals surface area contributed by atoms with Crippen LogP contribution < -0.4 is 5.73 Å². The number of hydrogen-bond donors (Lipinski definition) is 1. The first-order valence-corrected chi connectivity index (χ1v) is 7.04.